The second-order valence-corrected chi connectivity index (χ2v) is 9.21. The van der Waals surface area contributed by atoms with Gasteiger partial charge < -0.3 is 24.4 Å². The second-order valence-electron chi connectivity index (χ2n) is 8.09. The summed E-state index contributed by atoms with van der Waals surface area (Å²) in [6.45, 7) is 2.46. The normalized spacial score (nSPS) is 17.6. The number of nitrogens with one attached hydrogen (secondary N) is 1. The van der Waals surface area contributed by atoms with Gasteiger partial charge >= 0.3 is 6.18 Å². The van der Waals surface area contributed by atoms with Crippen LogP contribution >= 0.6 is 11.8 Å². The van der Waals surface area contributed by atoms with Crippen LogP contribution in [0.4, 0.5) is 13.2 Å². The summed E-state index contributed by atoms with van der Waals surface area (Å²) in [7, 11) is 4.29. The highest BCUT2D eigenvalue weighted by Gasteiger charge is 2.43. The van der Waals surface area contributed by atoms with Crippen molar-refractivity contribution in [3.05, 3.63) is 53.1 Å². The highest BCUT2D eigenvalue weighted by molar-refractivity contribution is 7.99. The Morgan fingerprint density at radius 2 is 1.67 bits per heavy atom. The molecule has 3 rings (SSSR count). The van der Waals surface area contributed by atoms with Crippen LogP contribution in [0.1, 0.15) is 46.6 Å². The fourth-order valence-corrected chi connectivity index (χ4v) is 5.34. The number of carbonyl (C=O) groups is 2. The number of carbonyl (C=O) groups excluding carboxylic acids is 2. The number of nitrogens with zero attached hydrogens (tertiary/aromatic N) is 1. The minimum atomic E-state index is -4.48. The summed E-state index contributed by atoms with van der Waals surface area (Å²) < 4.78 is 55.3. The number of thioether (sulfide) groups is 1. The monoisotopic (exact) mass is 526 g/mol. The minimum absolute atomic E-state index is 0.190. The standard InChI is InChI=1S/C25H29F3N2O5S/c1-5-6-11-29-22(31)18-14-36-24(15-7-9-17(10-8-15)25(26,27)28)30(18)23(32)16-12-19(33-2)21(35-4)20(13-16)34-3/h7-10,12-13,18,24H,5-6,11,14H2,1-4H3,(H,29,31). The summed E-state index contributed by atoms with van der Waals surface area (Å²) in [6, 6.07) is 6.80. The van der Waals surface area contributed by atoms with Crippen LogP contribution in [0.5, 0.6) is 17.2 Å². The Hall–Kier alpha value is -3.08. The first kappa shape index (κ1) is 27.5. The van der Waals surface area contributed by atoms with Crippen molar-refractivity contribution in [1.29, 1.82) is 0 Å². The van der Waals surface area contributed by atoms with Crippen molar-refractivity contribution in [2.45, 2.75) is 37.4 Å². The van der Waals surface area contributed by atoms with Crippen LogP contribution in [0.2, 0.25) is 0 Å². The molecule has 1 heterocycles. The number of alkyl halides is 3. The van der Waals surface area contributed by atoms with E-state index in [-0.39, 0.29) is 23.0 Å². The number of methoxy groups -OCH3 is 3. The lowest BCUT2D eigenvalue weighted by Crippen LogP contribution is -2.48. The zero-order chi connectivity index (χ0) is 26.5. The van der Waals surface area contributed by atoms with Gasteiger partial charge in [-0.2, -0.15) is 13.2 Å². The van der Waals surface area contributed by atoms with E-state index in [2.05, 4.69) is 5.32 Å². The molecule has 36 heavy (non-hydrogen) atoms. The van der Waals surface area contributed by atoms with E-state index in [4.69, 9.17) is 14.2 Å². The number of hydrogen-bond acceptors (Lipinski definition) is 6. The van der Waals surface area contributed by atoms with Gasteiger partial charge in [0, 0.05) is 17.9 Å². The largest absolute Gasteiger partial charge is 0.493 e. The summed E-state index contributed by atoms with van der Waals surface area (Å²) in [5.74, 6) is 0.329. The lowest BCUT2D eigenvalue weighted by atomic mass is 10.1. The molecule has 7 nitrogen and oxygen atoms in total. The van der Waals surface area contributed by atoms with Crippen LogP contribution in [0.25, 0.3) is 0 Å². The molecule has 1 saturated heterocycles. The molecule has 0 aromatic heterocycles. The molecule has 1 aliphatic rings. The quantitative estimate of drug-likeness (QED) is 0.469. The first-order valence-corrected chi connectivity index (χ1v) is 12.4. The van der Waals surface area contributed by atoms with Gasteiger partial charge in [0.15, 0.2) is 11.5 Å². The number of hydrogen-bond donors (Lipinski definition) is 1. The summed E-state index contributed by atoms with van der Waals surface area (Å²) in [4.78, 5) is 28.3. The molecule has 2 unspecified atom stereocenters. The molecular formula is C25H29F3N2O5S. The Bertz CT molecular complexity index is 1050. The smallest absolute Gasteiger partial charge is 0.416 e. The average Bonchev–Trinajstić information content (AvgIpc) is 3.32. The third-order valence-corrected chi connectivity index (χ3v) is 7.13. The third-order valence-electron chi connectivity index (χ3n) is 5.80. The molecule has 1 N–H and O–H groups in total. The molecule has 196 valence electrons. The highest BCUT2D eigenvalue weighted by atomic mass is 32.2. The van der Waals surface area contributed by atoms with Crippen molar-refractivity contribution in [1.82, 2.24) is 10.2 Å². The van der Waals surface area contributed by atoms with Crippen LogP contribution in [0.3, 0.4) is 0 Å². The highest BCUT2D eigenvalue weighted by Crippen LogP contribution is 2.45. The van der Waals surface area contributed by atoms with Gasteiger partial charge in [-0.1, -0.05) is 25.5 Å². The molecule has 11 heteroatoms. The van der Waals surface area contributed by atoms with E-state index in [1.165, 1.54) is 62.3 Å². The number of rotatable bonds is 9. The molecule has 2 aromatic carbocycles. The van der Waals surface area contributed by atoms with Gasteiger partial charge in [0.25, 0.3) is 5.91 Å². The predicted molar refractivity (Wildman–Crippen MR) is 131 cm³/mol. The Morgan fingerprint density at radius 3 is 2.17 bits per heavy atom. The summed E-state index contributed by atoms with van der Waals surface area (Å²) in [6.07, 6.45) is -2.80. The lowest BCUT2D eigenvalue weighted by molar-refractivity contribution is -0.137. The maximum absolute atomic E-state index is 13.8. The van der Waals surface area contributed by atoms with Gasteiger partial charge in [0.1, 0.15) is 11.4 Å². The average molecular weight is 527 g/mol. The molecule has 0 bridgehead atoms. The van der Waals surface area contributed by atoms with Crippen molar-refractivity contribution in [2.24, 2.45) is 0 Å². The van der Waals surface area contributed by atoms with Gasteiger partial charge in [0.05, 0.1) is 26.9 Å². The number of ether oxygens (including phenoxy) is 3. The van der Waals surface area contributed by atoms with Crippen LogP contribution in [-0.2, 0) is 11.0 Å². The third kappa shape index (κ3) is 5.83. The van der Waals surface area contributed by atoms with Crippen LogP contribution in [-0.4, -0.2) is 56.4 Å². The molecule has 2 amide bonds. The second kappa shape index (κ2) is 11.8. The number of unbranched alkanes of at least 4 members (excludes halogenated alkanes) is 1. The number of amides is 2. The van der Waals surface area contributed by atoms with Crippen molar-refractivity contribution >= 4 is 23.6 Å². The topological polar surface area (TPSA) is 77.1 Å². The van der Waals surface area contributed by atoms with Crippen molar-refractivity contribution in [2.75, 3.05) is 33.6 Å². The Balaban J connectivity index is 2.02. The predicted octanol–water partition coefficient (Wildman–Crippen LogP) is 4.90. The van der Waals surface area contributed by atoms with E-state index in [0.717, 1.165) is 25.0 Å². The van der Waals surface area contributed by atoms with E-state index in [1.54, 1.807) is 0 Å². The molecular weight excluding hydrogens is 497 g/mol. The molecule has 1 aliphatic heterocycles. The Kier molecular flexibility index (Phi) is 8.99. The van der Waals surface area contributed by atoms with Gasteiger partial charge in [-0.05, 0) is 36.2 Å². The minimum Gasteiger partial charge on any atom is -0.493 e. The Morgan fingerprint density at radius 1 is 1.06 bits per heavy atom. The van der Waals surface area contributed by atoms with Gasteiger partial charge in [-0.3, -0.25) is 9.59 Å². The van der Waals surface area contributed by atoms with Crippen molar-refractivity contribution in [3.8, 4) is 17.2 Å². The fraction of sp³-hybridized carbons (Fsp3) is 0.440. The molecule has 0 radical (unpaired) electrons. The zero-order valence-corrected chi connectivity index (χ0v) is 21.3. The maximum Gasteiger partial charge on any atom is 0.416 e. The van der Waals surface area contributed by atoms with Gasteiger partial charge in [-0.25, -0.2) is 0 Å². The number of halogens is 3. The zero-order valence-electron chi connectivity index (χ0n) is 20.5. The SMILES string of the molecule is CCCCNC(=O)C1CSC(c2ccc(C(F)(F)F)cc2)N1C(=O)c1cc(OC)c(OC)c(OC)c1. The van der Waals surface area contributed by atoms with Crippen molar-refractivity contribution < 1.29 is 37.0 Å². The van der Waals surface area contributed by atoms with E-state index >= 15 is 0 Å². The number of benzene rings is 2. The summed E-state index contributed by atoms with van der Waals surface area (Å²) >= 11 is 1.32. The molecule has 2 aromatic rings. The summed E-state index contributed by atoms with van der Waals surface area (Å²) in [5, 5.41) is 2.20. The van der Waals surface area contributed by atoms with Crippen LogP contribution in [0, 0.1) is 0 Å². The van der Waals surface area contributed by atoms with E-state index in [1.807, 2.05) is 6.92 Å². The maximum atomic E-state index is 13.8. The molecule has 1 fully saturated rings. The van der Waals surface area contributed by atoms with Gasteiger partial charge in [-0.15, -0.1) is 11.8 Å². The lowest BCUT2D eigenvalue weighted by Gasteiger charge is -2.29. The van der Waals surface area contributed by atoms with E-state index in [0.29, 0.717) is 23.6 Å². The van der Waals surface area contributed by atoms with E-state index < -0.39 is 29.1 Å². The summed E-state index contributed by atoms with van der Waals surface area (Å²) in [5.41, 5.74) is -0.112. The molecule has 2 atom stereocenters. The van der Waals surface area contributed by atoms with Crippen LogP contribution in [0.15, 0.2) is 36.4 Å². The molecule has 0 spiro atoms. The molecule has 0 aliphatic carbocycles. The van der Waals surface area contributed by atoms with Crippen molar-refractivity contribution in [3.63, 3.8) is 0 Å². The molecule has 0 saturated carbocycles. The van der Waals surface area contributed by atoms with E-state index in [9.17, 15) is 22.8 Å². The Labute approximate surface area is 212 Å². The first-order valence-electron chi connectivity index (χ1n) is 11.3. The van der Waals surface area contributed by atoms with Crippen LogP contribution < -0.4 is 19.5 Å². The first-order chi connectivity index (χ1) is 17.2. The van der Waals surface area contributed by atoms with Gasteiger partial charge in [0.2, 0.25) is 11.7 Å². The fourth-order valence-electron chi connectivity index (χ4n) is 3.91.